The minimum absolute atomic E-state index is 0.169. The molecule has 5 rings (SSSR count). The lowest BCUT2D eigenvalue weighted by atomic mass is 9.92. The van der Waals surface area contributed by atoms with Gasteiger partial charge in [0.05, 0.1) is 37.1 Å². The summed E-state index contributed by atoms with van der Waals surface area (Å²) in [5.41, 5.74) is 4.81. The highest BCUT2D eigenvalue weighted by molar-refractivity contribution is 5.75. The van der Waals surface area contributed by atoms with Gasteiger partial charge in [0.25, 0.3) is 0 Å². The molecule has 4 heterocycles. The Kier molecular flexibility index (Phi) is 5.20. The lowest BCUT2D eigenvalue weighted by molar-refractivity contribution is -0.102. The number of nitrogens with zero attached hydrogens (tertiary/aromatic N) is 4. The number of nitriles is 1. The van der Waals surface area contributed by atoms with Crippen LogP contribution in [0.5, 0.6) is 5.88 Å². The summed E-state index contributed by atoms with van der Waals surface area (Å²) < 4.78 is 18.4. The third-order valence-corrected chi connectivity index (χ3v) is 5.53. The zero-order valence-electron chi connectivity index (χ0n) is 16.8. The molecule has 0 saturated carbocycles. The normalized spacial score (nSPS) is 17.3. The largest absolute Gasteiger partial charge is 0.475 e. The molecule has 8 nitrogen and oxygen atoms in total. The first-order valence-corrected chi connectivity index (χ1v) is 10.1. The Labute approximate surface area is 178 Å². The fraction of sp³-hybridized carbons (Fsp3) is 0.304. The predicted molar refractivity (Wildman–Crippen MR) is 112 cm³/mol. The van der Waals surface area contributed by atoms with Gasteiger partial charge in [-0.3, -0.25) is 9.55 Å². The van der Waals surface area contributed by atoms with E-state index < -0.39 is 0 Å². The van der Waals surface area contributed by atoms with Gasteiger partial charge in [-0.25, -0.2) is 4.79 Å². The van der Waals surface area contributed by atoms with Gasteiger partial charge in [-0.2, -0.15) is 10.2 Å². The maximum Gasteiger partial charge on any atom is 0.351 e. The number of benzene rings is 1. The summed E-state index contributed by atoms with van der Waals surface area (Å²) >= 11 is 0. The van der Waals surface area contributed by atoms with E-state index in [1.54, 1.807) is 29.1 Å². The second kappa shape index (κ2) is 8.30. The van der Waals surface area contributed by atoms with E-state index in [1.165, 1.54) is 0 Å². The van der Waals surface area contributed by atoms with E-state index in [0.717, 1.165) is 27.9 Å². The highest BCUT2D eigenvalue weighted by Crippen LogP contribution is 2.33. The molecule has 1 unspecified atom stereocenters. The molecular formula is C23H20N4O4. The minimum Gasteiger partial charge on any atom is -0.475 e. The summed E-state index contributed by atoms with van der Waals surface area (Å²) in [6.45, 7) is 2.40. The number of rotatable bonds is 4. The Hall–Kier alpha value is -3.54. The molecule has 1 aromatic carbocycles. The highest BCUT2D eigenvalue weighted by atomic mass is 16.6. The van der Waals surface area contributed by atoms with Gasteiger partial charge in [0.1, 0.15) is 12.7 Å². The van der Waals surface area contributed by atoms with Crippen molar-refractivity contribution in [2.75, 3.05) is 26.4 Å². The fourth-order valence-electron chi connectivity index (χ4n) is 3.98. The van der Waals surface area contributed by atoms with Gasteiger partial charge in [0.2, 0.25) is 5.88 Å². The van der Waals surface area contributed by atoms with E-state index in [0.29, 0.717) is 38.3 Å². The lowest BCUT2D eigenvalue weighted by Crippen LogP contribution is -2.34. The molecule has 1 atom stereocenters. The zero-order chi connectivity index (χ0) is 21.2. The maximum atomic E-state index is 12.6. The van der Waals surface area contributed by atoms with E-state index >= 15 is 0 Å². The molecule has 0 amide bonds. The summed E-state index contributed by atoms with van der Waals surface area (Å²) in [6.07, 6.45) is 3.85. The third kappa shape index (κ3) is 3.81. The van der Waals surface area contributed by atoms with Crippen LogP contribution in [0.2, 0.25) is 0 Å². The summed E-state index contributed by atoms with van der Waals surface area (Å²) in [5.74, 6) is 0.279. The van der Waals surface area contributed by atoms with Crippen LogP contribution in [-0.4, -0.2) is 47.1 Å². The first-order chi connectivity index (χ1) is 15.2. The van der Waals surface area contributed by atoms with Crippen LogP contribution < -0.4 is 10.4 Å². The molecular weight excluding hydrogens is 396 g/mol. The molecule has 2 aliphatic heterocycles. The smallest absolute Gasteiger partial charge is 0.351 e. The van der Waals surface area contributed by atoms with Gasteiger partial charge in [-0.05, 0) is 23.6 Å². The molecule has 2 aliphatic rings. The predicted octanol–water partition coefficient (Wildman–Crippen LogP) is 2.19. The van der Waals surface area contributed by atoms with Crippen LogP contribution in [0.25, 0.3) is 22.4 Å². The maximum absolute atomic E-state index is 12.6. The van der Waals surface area contributed by atoms with Crippen LogP contribution in [0.1, 0.15) is 11.1 Å². The first kappa shape index (κ1) is 19.4. The van der Waals surface area contributed by atoms with Crippen LogP contribution in [0.4, 0.5) is 0 Å². The summed E-state index contributed by atoms with van der Waals surface area (Å²) in [4.78, 5) is 20.8. The quantitative estimate of drug-likeness (QED) is 0.643. The molecule has 156 valence electrons. The number of pyridine rings is 1. The topological polar surface area (TPSA) is 99.3 Å². The summed E-state index contributed by atoms with van der Waals surface area (Å²) in [6, 6.07) is 11.7. The van der Waals surface area contributed by atoms with E-state index in [-0.39, 0.29) is 24.3 Å². The Morgan fingerprint density at radius 2 is 2.16 bits per heavy atom. The SMILES string of the molecule is N#Cc1ccncc1-c1ccc2c(c1)CCn1c-2cc(OCC2COCCO2)nc1=O. The van der Waals surface area contributed by atoms with Crippen molar-refractivity contribution < 1.29 is 14.2 Å². The Morgan fingerprint density at radius 1 is 1.23 bits per heavy atom. The van der Waals surface area contributed by atoms with Crippen molar-refractivity contribution in [2.45, 2.75) is 19.1 Å². The van der Waals surface area contributed by atoms with Crippen molar-refractivity contribution in [3.8, 4) is 34.3 Å². The van der Waals surface area contributed by atoms with Gasteiger partial charge in [0.15, 0.2) is 0 Å². The summed E-state index contributed by atoms with van der Waals surface area (Å²) in [7, 11) is 0. The second-order valence-electron chi connectivity index (χ2n) is 7.45. The Morgan fingerprint density at radius 3 is 3.00 bits per heavy atom. The lowest BCUT2D eigenvalue weighted by Gasteiger charge is -2.24. The summed E-state index contributed by atoms with van der Waals surface area (Å²) in [5, 5.41) is 9.40. The molecule has 0 bridgehead atoms. The van der Waals surface area contributed by atoms with Gasteiger partial charge < -0.3 is 14.2 Å². The van der Waals surface area contributed by atoms with Crippen molar-refractivity contribution in [3.05, 3.63) is 64.3 Å². The van der Waals surface area contributed by atoms with Crippen molar-refractivity contribution in [2.24, 2.45) is 0 Å². The van der Waals surface area contributed by atoms with E-state index in [1.807, 2.05) is 12.1 Å². The Bertz CT molecular complexity index is 1220. The van der Waals surface area contributed by atoms with Crippen LogP contribution >= 0.6 is 0 Å². The third-order valence-electron chi connectivity index (χ3n) is 5.53. The van der Waals surface area contributed by atoms with Gasteiger partial charge in [0, 0.05) is 36.1 Å². The van der Waals surface area contributed by atoms with Gasteiger partial charge >= 0.3 is 5.69 Å². The molecule has 3 aromatic rings. The first-order valence-electron chi connectivity index (χ1n) is 10.1. The number of ether oxygens (including phenoxy) is 3. The van der Waals surface area contributed by atoms with Crippen molar-refractivity contribution in [3.63, 3.8) is 0 Å². The van der Waals surface area contributed by atoms with Crippen molar-refractivity contribution in [1.29, 1.82) is 5.26 Å². The molecule has 0 aliphatic carbocycles. The number of hydrogen-bond donors (Lipinski definition) is 0. The van der Waals surface area contributed by atoms with E-state index in [4.69, 9.17) is 14.2 Å². The minimum atomic E-state index is -0.331. The van der Waals surface area contributed by atoms with Gasteiger partial charge in [-0.15, -0.1) is 0 Å². The average Bonchev–Trinajstić information content (AvgIpc) is 2.83. The molecule has 0 spiro atoms. The van der Waals surface area contributed by atoms with Crippen LogP contribution in [0.3, 0.4) is 0 Å². The fourth-order valence-corrected chi connectivity index (χ4v) is 3.98. The standard InChI is InChI=1S/C23H20N4O4/c24-11-17-3-5-25-12-20(17)15-1-2-19-16(9-15)4-6-27-21(19)10-22(26-23(27)28)31-14-18-13-29-7-8-30-18/h1-3,5,9-10,12,18H,4,6-8,13-14H2. The molecule has 0 radical (unpaired) electrons. The second-order valence-corrected chi connectivity index (χ2v) is 7.45. The van der Waals surface area contributed by atoms with Crippen molar-refractivity contribution in [1.82, 2.24) is 14.5 Å². The average molecular weight is 416 g/mol. The number of aryl methyl sites for hydroxylation is 1. The molecule has 0 N–H and O–H groups in total. The zero-order valence-corrected chi connectivity index (χ0v) is 16.8. The molecule has 31 heavy (non-hydrogen) atoms. The monoisotopic (exact) mass is 416 g/mol. The number of aromatic nitrogens is 3. The van der Waals surface area contributed by atoms with E-state index in [2.05, 4.69) is 22.1 Å². The molecule has 2 aromatic heterocycles. The van der Waals surface area contributed by atoms with E-state index in [9.17, 15) is 10.1 Å². The van der Waals surface area contributed by atoms with Crippen molar-refractivity contribution >= 4 is 0 Å². The van der Waals surface area contributed by atoms with Crippen LogP contribution in [0, 0.1) is 11.3 Å². The number of hydrogen-bond acceptors (Lipinski definition) is 7. The van der Waals surface area contributed by atoms with Gasteiger partial charge in [-0.1, -0.05) is 18.2 Å². The number of fused-ring (bicyclic) bond motifs is 3. The highest BCUT2D eigenvalue weighted by Gasteiger charge is 2.21. The molecule has 1 fully saturated rings. The molecule has 8 heteroatoms. The Balaban J connectivity index is 1.47. The van der Waals surface area contributed by atoms with Crippen LogP contribution in [-0.2, 0) is 22.4 Å². The molecule has 1 saturated heterocycles. The van der Waals surface area contributed by atoms with Crippen LogP contribution in [0.15, 0.2) is 47.5 Å².